The topological polar surface area (TPSA) is 0 Å². The van der Waals surface area contributed by atoms with Gasteiger partial charge in [0.1, 0.15) is 8.80 Å². The fourth-order valence-electron chi connectivity index (χ4n) is 1.82. The van der Waals surface area contributed by atoms with Gasteiger partial charge in [-0.25, -0.2) is 0 Å². The van der Waals surface area contributed by atoms with Crippen molar-refractivity contribution >= 4 is 19.2 Å². The molecular weight excluding hydrogens is 208 g/mol. The second kappa shape index (κ2) is 5.31. The van der Waals surface area contributed by atoms with Crippen molar-refractivity contribution in [2.24, 2.45) is 0 Å². The molecule has 0 amide bonds. The minimum Gasteiger partial charge on any atom is -0.137 e. The zero-order valence-corrected chi connectivity index (χ0v) is 10.3. The molecule has 0 saturated heterocycles. The highest BCUT2D eigenvalue weighted by molar-refractivity contribution is 6.89. The van der Waals surface area contributed by atoms with Gasteiger partial charge in [0.15, 0.2) is 0 Å². The SMILES string of the molecule is C=C=C[SiH](c1ccccc1)c1ccccc1. The lowest BCUT2D eigenvalue weighted by Crippen LogP contribution is -2.40. The van der Waals surface area contributed by atoms with Crippen molar-refractivity contribution in [1.29, 1.82) is 0 Å². The van der Waals surface area contributed by atoms with Gasteiger partial charge >= 0.3 is 0 Å². The van der Waals surface area contributed by atoms with Crippen LogP contribution in [0.4, 0.5) is 0 Å². The molecule has 0 aliphatic carbocycles. The van der Waals surface area contributed by atoms with Gasteiger partial charge in [0, 0.05) is 0 Å². The predicted octanol–water partition coefficient (Wildman–Crippen LogP) is 1.91. The van der Waals surface area contributed by atoms with Gasteiger partial charge in [-0.05, 0) is 5.70 Å². The number of rotatable bonds is 3. The van der Waals surface area contributed by atoms with Gasteiger partial charge in [0.05, 0.1) is 0 Å². The Morgan fingerprint density at radius 3 is 1.62 bits per heavy atom. The maximum atomic E-state index is 3.71. The van der Waals surface area contributed by atoms with E-state index >= 15 is 0 Å². The Hall–Kier alpha value is -1.82. The van der Waals surface area contributed by atoms with Crippen LogP contribution in [-0.2, 0) is 0 Å². The second-order valence-electron chi connectivity index (χ2n) is 3.67. The Bertz CT molecular complexity index is 442. The average Bonchev–Trinajstić information content (AvgIpc) is 2.38. The normalized spacial score (nSPS) is 9.81. The van der Waals surface area contributed by atoms with Gasteiger partial charge in [-0.15, -0.1) is 5.73 Å². The Morgan fingerprint density at radius 2 is 1.25 bits per heavy atom. The van der Waals surface area contributed by atoms with E-state index < -0.39 is 8.80 Å². The molecule has 0 unspecified atom stereocenters. The lowest BCUT2D eigenvalue weighted by atomic mass is 10.4. The minimum absolute atomic E-state index is 1.25. The summed E-state index contributed by atoms with van der Waals surface area (Å²) < 4.78 is 0. The molecule has 0 spiro atoms. The van der Waals surface area contributed by atoms with Gasteiger partial charge in [0.25, 0.3) is 0 Å². The molecule has 0 aliphatic rings. The summed E-state index contributed by atoms with van der Waals surface area (Å²) >= 11 is 0. The van der Waals surface area contributed by atoms with Crippen molar-refractivity contribution in [2.45, 2.75) is 0 Å². The molecule has 0 N–H and O–H groups in total. The number of benzene rings is 2. The smallest absolute Gasteiger partial charge is 0.133 e. The monoisotopic (exact) mass is 222 g/mol. The minimum atomic E-state index is -1.25. The molecule has 0 heterocycles. The van der Waals surface area contributed by atoms with E-state index in [1.807, 2.05) is 0 Å². The van der Waals surface area contributed by atoms with Crippen molar-refractivity contribution in [3.8, 4) is 0 Å². The third kappa shape index (κ3) is 2.40. The van der Waals surface area contributed by atoms with Gasteiger partial charge in [0.2, 0.25) is 0 Å². The first-order valence-corrected chi connectivity index (χ1v) is 7.20. The Balaban J connectivity index is 2.43. The van der Waals surface area contributed by atoms with Crippen LogP contribution in [0.2, 0.25) is 0 Å². The predicted molar refractivity (Wildman–Crippen MR) is 73.0 cm³/mol. The fraction of sp³-hybridized carbons (Fsp3) is 0. The quantitative estimate of drug-likeness (QED) is 0.550. The Morgan fingerprint density at radius 1 is 0.812 bits per heavy atom. The molecule has 0 saturated carbocycles. The van der Waals surface area contributed by atoms with Crippen LogP contribution < -0.4 is 10.4 Å². The molecule has 16 heavy (non-hydrogen) atoms. The van der Waals surface area contributed by atoms with E-state index in [0.29, 0.717) is 0 Å². The highest BCUT2D eigenvalue weighted by Gasteiger charge is 2.11. The van der Waals surface area contributed by atoms with E-state index in [9.17, 15) is 0 Å². The summed E-state index contributed by atoms with van der Waals surface area (Å²) in [6.07, 6.45) is 0. The molecule has 0 bridgehead atoms. The average molecular weight is 222 g/mol. The largest absolute Gasteiger partial charge is 0.137 e. The molecular formula is C15H14Si. The van der Waals surface area contributed by atoms with Crippen molar-refractivity contribution < 1.29 is 0 Å². The summed E-state index contributed by atoms with van der Waals surface area (Å²) in [6.45, 7) is 3.71. The zero-order chi connectivity index (χ0) is 11.2. The van der Waals surface area contributed by atoms with Crippen LogP contribution in [-0.4, -0.2) is 8.80 Å². The van der Waals surface area contributed by atoms with Gasteiger partial charge in [-0.3, -0.25) is 0 Å². The zero-order valence-electron chi connectivity index (χ0n) is 9.14. The van der Waals surface area contributed by atoms with E-state index in [2.05, 4.69) is 78.7 Å². The first-order valence-electron chi connectivity index (χ1n) is 5.37. The number of hydrogen-bond donors (Lipinski definition) is 0. The third-order valence-corrected chi connectivity index (χ3v) is 5.38. The van der Waals surface area contributed by atoms with Crippen LogP contribution >= 0.6 is 0 Å². The van der Waals surface area contributed by atoms with Crippen LogP contribution in [0, 0.1) is 0 Å². The van der Waals surface area contributed by atoms with E-state index in [1.165, 1.54) is 10.4 Å². The van der Waals surface area contributed by atoms with Crippen LogP contribution in [0.15, 0.2) is 78.7 Å². The third-order valence-electron chi connectivity index (χ3n) is 2.60. The molecule has 0 fully saturated rings. The van der Waals surface area contributed by atoms with E-state index in [4.69, 9.17) is 0 Å². The molecule has 0 nitrogen and oxygen atoms in total. The lowest BCUT2D eigenvalue weighted by Gasteiger charge is -2.10. The first kappa shape index (κ1) is 10.7. The van der Waals surface area contributed by atoms with Crippen LogP contribution in [0.3, 0.4) is 0 Å². The van der Waals surface area contributed by atoms with Crippen molar-refractivity contribution in [2.75, 3.05) is 0 Å². The van der Waals surface area contributed by atoms with Crippen LogP contribution in [0.25, 0.3) is 0 Å². The maximum Gasteiger partial charge on any atom is 0.133 e. The van der Waals surface area contributed by atoms with Crippen LogP contribution in [0.1, 0.15) is 0 Å². The molecule has 0 aliphatic heterocycles. The number of hydrogen-bond acceptors (Lipinski definition) is 0. The Kier molecular flexibility index (Phi) is 3.55. The van der Waals surface area contributed by atoms with Gasteiger partial charge in [-0.2, -0.15) is 0 Å². The molecule has 2 aromatic rings. The van der Waals surface area contributed by atoms with E-state index in [1.54, 1.807) is 0 Å². The highest BCUT2D eigenvalue weighted by Crippen LogP contribution is 1.93. The molecule has 0 radical (unpaired) electrons. The van der Waals surface area contributed by atoms with Gasteiger partial charge in [-0.1, -0.05) is 77.6 Å². The standard InChI is InChI=1S/C15H14Si/c1-2-13-16(14-9-5-3-6-10-14)15-11-7-4-8-12-15/h3-13,16H,1H2. The molecule has 2 aromatic carbocycles. The lowest BCUT2D eigenvalue weighted by molar-refractivity contribution is 1.73. The van der Waals surface area contributed by atoms with Crippen LogP contribution in [0.5, 0.6) is 0 Å². The summed E-state index contributed by atoms with van der Waals surface area (Å²) in [5.41, 5.74) is 5.10. The van der Waals surface area contributed by atoms with E-state index in [0.717, 1.165) is 0 Å². The Labute approximate surface area is 98.2 Å². The summed E-state index contributed by atoms with van der Waals surface area (Å²) in [4.78, 5) is 0. The maximum absolute atomic E-state index is 3.71. The highest BCUT2D eigenvalue weighted by atomic mass is 28.3. The molecule has 78 valence electrons. The summed E-state index contributed by atoms with van der Waals surface area (Å²) in [6, 6.07) is 21.2. The summed E-state index contributed by atoms with van der Waals surface area (Å²) in [7, 11) is -1.25. The molecule has 2 rings (SSSR count). The summed E-state index contributed by atoms with van der Waals surface area (Å²) in [5, 5.41) is 2.81. The first-order chi connectivity index (χ1) is 7.92. The molecule has 0 aromatic heterocycles. The van der Waals surface area contributed by atoms with Gasteiger partial charge < -0.3 is 0 Å². The van der Waals surface area contributed by atoms with Crippen molar-refractivity contribution in [3.05, 3.63) is 78.7 Å². The van der Waals surface area contributed by atoms with E-state index in [-0.39, 0.29) is 0 Å². The molecule has 1 heteroatoms. The fourth-order valence-corrected chi connectivity index (χ4v) is 4.10. The van der Waals surface area contributed by atoms with Crippen molar-refractivity contribution in [1.82, 2.24) is 0 Å². The molecule has 0 atom stereocenters. The van der Waals surface area contributed by atoms with Crippen molar-refractivity contribution in [3.63, 3.8) is 0 Å². The second-order valence-corrected chi connectivity index (χ2v) is 6.29. The summed E-state index contributed by atoms with van der Waals surface area (Å²) in [5.74, 6) is 0.